The van der Waals surface area contributed by atoms with E-state index in [1.807, 2.05) is 51.2 Å². The molecule has 4 unspecified atom stereocenters. The second kappa shape index (κ2) is 33.4. The maximum absolute atomic E-state index is 14.7. The van der Waals surface area contributed by atoms with Crippen LogP contribution in [0.3, 0.4) is 0 Å². The lowest BCUT2D eigenvalue weighted by Crippen LogP contribution is -2.61. The van der Waals surface area contributed by atoms with Crippen molar-refractivity contribution in [3.8, 4) is 0 Å². The second-order valence-electron chi connectivity index (χ2n) is 22.6. The first-order chi connectivity index (χ1) is 38.4. The number of nitrogens with zero attached hydrogens (tertiary/aromatic N) is 1. The summed E-state index contributed by atoms with van der Waals surface area (Å²) in [5.74, 6) is -9.68. The Bertz CT molecular complexity index is 2210. The molecule has 17 atom stereocenters. The lowest BCUT2D eigenvalue weighted by atomic mass is 9.78. The molecule has 1 amide bonds. The van der Waals surface area contributed by atoms with Gasteiger partial charge in [0.05, 0.1) is 31.5 Å². The first-order valence-corrected chi connectivity index (χ1v) is 28.5. The summed E-state index contributed by atoms with van der Waals surface area (Å²) in [6, 6.07) is -1.27. The molecule has 3 heterocycles. The van der Waals surface area contributed by atoms with Gasteiger partial charge >= 0.3 is 18.3 Å². The number of cyclic esters (lactones) is 1. The number of Topliss-reactive ketones (excluding diaryl/α,β-unsaturated/α-hetero) is 3. The van der Waals surface area contributed by atoms with Gasteiger partial charge in [0, 0.05) is 58.5 Å². The van der Waals surface area contributed by atoms with Crippen LogP contribution in [0, 0.1) is 35.5 Å². The molecule has 22 nitrogen and oxygen atoms in total. The molecule has 0 aromatic carbocycles. The number of carbonyl (C=O) groups excluding carboxylic acids is 7. The molecule has 4 aliphatic rings. The topological polar surface area (TPSA) is 307 Å². The van der Waals surface area contributed by atoms with Crippen LogP contribution in [0.25, 0.3) is 0 Å². The molecule has 22 heteroatoms. The van der Waals surface area contributed by atoms with Gasteiger partial charge < -0.3 is 73.1 Å². The number of carbonyl (C=O) groups is 7. The Morgan fingerprint density at radius 1 is 0.765 bits per heavy atom. The molecule has 1 aliphatic carbocycles. The standard InChI is InChI=1S/C59H91NO21/c1-34-16-12-11-13-17-35(2)48(73-8)28-44-21-19-40(7)59(72,81-44)54(67)55(68)60-23-15-14-18-45(60)56(69)78-49(37(4)26-41-20-22-47(50(27-41)74-9)79-57(70)76-32-42(63)30-61)29-46(65)36(3)25-39(6)52(53(75-10)51(66)38(5)24-34)80-58(71)77-33-43(64)31-62/h11-13,16-17,25,34,36-38,40-45,47-50,52-53,61-64,72H,14-15,18-24,26-33H2,1-10H3/b13-11?,16-12+,35-17?,39-25+/t34-,36-,37-,38-,40-,41+,42?,43?,44?,45?,47-,48+,49+,50-,52-,53+,59-/m1/s1. The number of hydrogen-bond donors (Lipinski definition) is 5. The summed E-state index contributed by atoms with van der Waals surface area (Å²) in [7, 11) is 4.29. The fourth-order valence-corrected chi connectivity index (χ4v) is 11.1. The zero-order valence-corrected chi connectivity index (χ0v) is 48.9. The summed E-state index contributed by atoms with van der Waals surface area (Å²) in [4.78, 5) is 99.2. The molecule has 5 N–H and O–H groups in total. The van der Waals surface area contributed by atoms with Crippen LogP contribution in [0.15, 0.2) is 47.6 Å². The number of hydrogen-bond acceptors (Lipinski definition) is 21. The van der Waals surface area contributed by atoms with Crippen molar-refractivity contribution in [2.45, 2.75) is 192 Å². The highest BCUT2D eigenvalue weighted by Gasteiger charge is 2.53. The smallest absolute Gasteiger partial charge is 0.460 e. The SMILES string of the molecule is CO[C@H]1CC2CC[C@@H](C)[C@@](O)(O2)C(=O)C(=O)N2CCCCC2C(=O)O[C@H]([C@H](C)C[C@@H]2CC[C@@H](OC(=O)OCC(O)CO)[C@H](OC)C2)CC(=O)[C@H](C)/C=C(\C)[C@@H](OC(=O)OCC(O)CO)[C@@H](OC)C(=O)[C@H](C)C[C@H](C)/C=C/C=CC=C1C. The van der Waals surface area contributed by atoms with Crippen LogP contribution < -0.4 is 0 Å². The van der Waals surface area contributed by atoms with Gasteiger partial charge in [0.1, 0.15) is 49.5 Å². The average Bonchev–Trinajstić information content (AvgIpc) is 3.45. The molecular weight excluding hydrogens is 1060 g/mol. The number of ether oxygens (including phenoxy) is 9. The van der Waals surface area contributed by atoms with Gasteiger partial charge in [-0.3, -0.25) is 19.2 Å². The molecule has 4 rings (SSSR count). The number of methoxy groups -OCH3 is 3. The minimum absolute atomic E-state index is 0.00232. The Hall–Kier alpha value is -4.91. The highest BCUT2D eigenvalue weighted by atomic mass is 16.7. The number of piperidine rings is 1. The van der Waals surface area contributed by atoms with Crippen LogP contribution in [0.2, 0.25) is 0 Å². The first kappa shape index (κ1) is 68.6. The van der Waals surface area contributed by atoms with Crippen LogP contribution in [0.1, 0.15) is 126 Å². The van der Waals surface area contributed by atoms with Crippen molar-refractivity contribution in [3.63, 3.8) is 0 Å². The molecule has 0 aromatic rings. The number of aliphatic hydroxyl groups is 5. The molecular formula is C59H91NO21. The molecule has 0 aromatic heterocycles. The molecule has 458 valence electrons. The van der Waals surface area contributed by atoms with Crippen LogP contribution >= 0.6 is 0 Å². The first-order valence-electron chi connectivity index (χ1n) is 28.5. The minimum Gasteiger partial charge on any atom is -0.460 e. The third-order valence-electron chi connectivity index (χ3n) is 16.1. The predicted octanol–water partition coefficient (Wildman–Crippen LogP) is 5.21. The maximum Gasteiger partial charge on any atom is 0.509 e. The number of ketones is 3. The summed E-state index contributed by atoms with van der Waals surface area (Å²) in [5, 5.41) is 50.0. The van der Waals surface area contributed by atoms with E-state index < -0.39 is 158 Å². The molecule has 2 bridgehead atoms. The van der Waals surface area contributed by atoms with Gasteiger partial charge in [-0.15, -0.1) is 0 Å². The lowest BCUT2D eigenvalue weighted by molar-refractivity contribution is -0.265. The third kappa shape index (κ3) is 20.2. The van der Waals surface area contributed by atoms with Crippen LogP contribution in [-0.4, -0.2) is 193 Å². The molecule has 0 spiro atoms. The minimum atomic E-state index is -2.51. The number of allylic oxidation sites excluding steroid dienone is 6. The lowest BCUT2D eigenvalue weighted by Gasteiger charge is -2.42. The van der Waals surface area contributed by atoms with Gasteiger partial charge in [-0.2, -0.15) is 0 Å². The Kier molecular flexibility index (Phi) is 28.3. The summed E-state index contributed by atoms with van der Waals surface area (Å²) in [6.45, 7) is 9.71. The van der Waals surface area contributed by atoms with Crippen molar-refractivity contribution in [2.75, 3.05) is 54.3 Å². The van der Waals surface area contributed by atoms with Crippen molar-refractivity contribution >= 4 is 41.5 Å². The zero-order chi connectivity index (χ0) is 60.1. The number of aliphatic hydroxyl groups excluding tert-OH is 4. The third-order valence-corrected chi connectivity index (χ3v) is 16.1. The van der Waals surface area contributed by atoms with Crippen molar-refractivity contribution in [3.05, 3.63) is 47.6 Å². The summed E-state index contributed by atoms with van der Waals surface area (Å²) < 4.78 is 51.1. The number of fused-ring (bicyclic) bond motifs is 3. The molecule has 2 saturated heterocycles. The Balaban J connectivity index is 1.76. The Morgan fingerprint density at radius 3 is 2.06 bits per heavy atom. The van der Waals surface area contributed by atoms with Gasteiger partial charge in [0.25, 0.3) is 11.7 Å². The van der Waals surface area contributed by atoms with Crippen LogP contribution in [0.5, 0.6) is 0 Å². The quantitative estimate of drug-likeness (QED) is 0.0645. The highest BCUT2D eigenvalue weighted by molar-refractivity contribution is 6.39. The number of amides is 1. The van der Waals surface area contributed by atoms with Crippen LogP contribution in [-0.2, 0) is 66.6 Å². The van der Waals surface area contributed by atoms with E-state index >= 15 is 0 Å². The highest BCUT2D eigenvalue weighted by Crippen LogP contribution is 2.38. The molecule has 0 radical (unpaired) electrons. The van der Waals surface area contributed by atoms with Crippen LogP contribution in [0.4, 0.5) is 9.59 Å². The Morgan fingerprint density at radius 2 is 1.43 bits per heavy atom. The largest absolute Gasteiger partial charge is 0.509 e. The fraction of sp³-hybridized carbons (Fsp3) is 0.746. The van der Waals surface area contributed by atoms with E-state index in [0.29, 0.717) is 57.8 Å². The van der Waals surface area contributed by atoms with Crippen molar-refractivity contribution in [2.24, 2.45) is 35.5 Å². The van der Waals surface area contributed by atoms with Gasteiger partial charge in [-0.25, -0.2) is 14.4 Å². The molecule has 3 aliphatic heterocycles. The van der Waals surface area contributed by atoms with E-state index in [1.54, 1.807) is 27.7 Å². The van der Waals surface area contributed by atoms with Gasteiger partial charge in [0.2, 0.25) is 5.79 Å². The van der Waals surface area contributed by atoms with E-state index in [2.05, 4.69) is 0 Å². The molecule has 3 fully saturated rings. The maximum atomic E-state index is 14.7. The Labute approximate surface area is 476 Å². The summed E-state index contributed by atoms with van der Waals surface area (Å²) in [5.41, 5.74) is 1.05. The number of esters is 1. The van der Waals surface area contributed by atoms with Gasteiger partial charge in [-0.05, 0) is 107 Å². The molecule has 1 saturated carbocycles. The normalized spacial score (nSPS) is 34.3. The average molecular weight is 1150 g/mol. The van der Waals surface area contributed by atoms with E-state index in [0.717, 1.165) is 10.5 Å². The second-order valence-corrected chi connectivity index (χ2v) is 22.6. The van der Waals surface area contributed by atoms with E-state index in [-0.39, 0.29) is 43.2 Å². The summed E-state index contributed by atoms with van der Waals surface area (Å²) >= 11 is 0. The zero-order valence-electron chi connectivity index (χ0n) is 48.9. The molecule has 81 heavy (non-hydrogen) atoms. The van der Waals surface area contributed by atoms with Crippen molar-refractivity contribution < 1.29 is 102 Å². The number of rotatable bonds is 14. The van der Waals surface area contributed by atoms with Crippen molar-refractivity contribution in [1.29, 1.82) is 0 Å². The van der Waals surface area contributed by atoms with E-state index in [9.17, 15) is 54.0 Å². The van der Waals surface area contributed by atoms with E-state index in [4.69, 9.17) is 47.7 Å². The fourth-order valence-electron chi connectivity index (χ4n) is 11.1. The van der Waals surface area contributed by atoms with E-state index in [1.165, 1.54) is 27.4 Å². The van der Waals surface area contributed by atoms with Gasteiger partial charge in [-0.1, -0.05) is 71.1 Å². The summed E-state index contributed by atoms with van der Waals surface area (Å²) in [6.07, 6.45) is 3.14. The van der Waals surface area contributed by atoms with Gasteiger partial charge in [0.15, 0.2) is 18.0 Å². The van der Waals surface area contributed by atoms with Crippen molar-refractivity contribution in [1.82, 2.24) is 4.90 Å². The monoisotopic (exact) mass is 1150 g/mol. The predicted molar refractivity (Wildman–Crippen MR) is 292 cm³/mol.